The normalized spacial score (nSPS) is 15.0. The van der Waals surface area contributed by atoms with Gasteiger partial charge in [-0.3, -0.25) is 14.7 Å². The van der Waals surface area contributed by atoms with E-state index in [0.29, 0.717) is 6.04 Å². The van der Waals surface area contributed by atoms with Gasteiger partial charge in [-0.25, -0.2) is 4.79 Å². The lowest BCUT2D eigenvalue weighted by atomic mass is 10.3. The molecule has 2 aromatic heterocycles. The summed E-state index contributed by atoms with van der Waals surface area (Å²) >= 11 is 2.93. The molecular weight excluding hydrogens is 358 g/mol. The minimum atomic E-state index is -0.456. The highest BCUT2D eigenvalue weighted by Crippen LogP contribution is 2.41. The summed E-state index contributed by atoms with van der Waals surface area (Å²) in [4.78, 5) is 24.7. The average Bonchev–Trinajstić information content (AvgIpc) is 3.11. The molecule has 0 aliphatic heterocycles. The van der Waals surface area contributed by atoms with Gasteiger partial charge in [-0.15, -0.1) is 21.5 Å². The first-order valence-electron chi connectivity index (χ1n) is 8.30. The van der Waals surface area contributed by atoms with Crippen molar-refractivity contribution >= 4 is 35.0 Å². The number of nitrogens with zero attached hydrogens (tertiary/aromatic N) is 3. The van der Waals surface area contributed by atoms with Gasteiger partial charge in [0.15, 0.2) is 11.0 Å². The van der Waals surface area contributed by atoms with E-state index in [1.165, 1.54) is 11.8 Å². The van der Waals surface area contributed by atoms with E-state index in [9.17, 15) is 9.59 Å². The Bertz CT molecular complexity index is 740. The van der Waals surface area contributed by atoms with Crippen molar-refractivity contribution in [3.8, 4) is 10.7 Å². The van der Waals surface area contributed by atoms with Crippen molar-refractivity contribution in [1.29, 1.82) is 0 Å². The number of hydrogen-bond acceptors (Lipinski definition) is 6. The molecule has 0 radical (unpaired) electrons. The fourth-order valence-electron chi connectivity index (χ4n) is 2.27. The molecule has 1 aliphatic carbocycles. The highest BCUT2D eigenvalue weighted by atomic mass is 32.2. The third kappa shape index (κ3) is 4.60. The van der Waals surface area contributed by atoms with Crippen molar-refractivity contribution in [1.82, 2.24) is 25.4 Å². The van der Waals surface area contributed by atoms with E-state index in [1.54, 1.807) is 11.3 Å². The quantitative estimate of drug-likeness (QED) is 0.722. The summed E-state index contributed by atoms with van der Waals surface area (Å²) in [6.07, 6.45) is 3.02. The molecule has 25 heavy (non-hydrogen) atoms. The first kappa shape index (κ1) is 17.9. The van der Waals surface area contributed by atoms with Crippen LogP contribution < -0.4 is 10.6 Å². The van der Waals surface area contributed by atoms with E-state index in [-0.39, 0.29) is 17.7 Å². The summed E-state index contributed by atoms with van der Waals surface area (Å²) in [6, 6.07) is 4.00. The lowest BCUT2D eigenvalue weighted by Gasteiger charge is -2.11. The molecular formula is C16H21N5O2S2. The summed E-state index contributed by atoms with van der Waals surface area (Å²) in [7, 11) is 0. The number of nitrogens with one attached hydrogen (secondary N) is 2. The number of thioether (sulfide) groups is 1. The molecule has 1 fully saturated rings. The molecule has 1 atom stereocenters. The molecule has 0 unspecified atom stereocenters. The standard InChI is InChI=1S/C16H21N5O2S2/c1-3-10(2)17-15(23)18-13(22)9-25-16-20-19-14(12-5-4-8-24-12)21(16)11-6-7-11/h4-5,8,10-11H,3,6-7,9H2,1-2H3,(H2,17,18,22,23)/t10-/m1/s1. The van der Waals surface area contributed by atoms with Crippen LogP contribution in [0.5, 0.6) is 0 Å². The van der Waals surface area contributed by atoms with Crippen LogP contribution in [-0.2, 0) is 4.79 Å². The smallest absolute Gasteiger partial charge is 0.321 e. The van der Waals surface area contributed by atoms with Crippen LogP contribution in [0.1, 0.15) is 39.2 Å². The molecule has 7 nitrogen and oxygen atoms in total. The molecule has 0 bridgehead atoms. The van der Waals surface area contributed by atoms with Gasteiger partial charge in [0, 0.05) is 12.1 Å². The summed E-state index contributed by atoms with van der Waals surface area (Å²) in [5.41, 5.74) is 0. The first-order chi connectivity index (χ1) is 12.1. The summed E-state index contributed by atoms with van der Waals surface area (Å²) in [6.45, 7) is 3.86. The largest absolute Gasteiger partial charge is 0.335 e. The monoisotopic (exact) mass is 379 g/mol. The molecule has 0 saturated heterocycles. The zero-order chi connectivity index (χ0) is 17.8. The van der Waals surface area contributed by atoms with Crippen LogP contribution >= 0.6 is 23.1 Å². The van der Waals surface area contributed by atoms with Crippen molar-refractivity contribution in [2.24, 2.45) is 0 Å². The zero-order valence-electron chi connectivity index (χ0n) is 14.2. The number of urea groups is 1. The number of hydrogen-bond donors (Lipinski definition) is 2. The maximum atomic E-state index is 12.0. The summed E-state index contributed by atoms with van der Waals surface area (Å²) in [5.74, 6) is 0.646. The number of carbonyl (C=O) groups excluding carboxylic acids is 2. The fraction of sp³-hybridized carbons (Fsp3) is 0.500. The van der Waals surface area contributed by atoms with Crippen molar-refractivity contribution in [3.05, 3.63) is 17.5 Å². The number of carbonyl (C=O) groups is 2. The van der Waals surface area contributed by atoms with Gasteiger partial charge in [0.25, 0.3) is 0 Å². The van der Waals surface area contributed by atoms with Gasteiger partial charge in [0.2, 0.25) is 5.91 Å². The molecule has 1 saturated carbocycles. The van der Waals surface area contributed by atoms with Crippen LogP contribution in [0, 0.1) is 0 Å². The molecule has 0 aromatic carbocycles. The second-order valence-corrected chi connectivity index (χ2v) is 7.89. The second-order valence-electron chi connectivity index (χ2n) is 6.00. The molecule has 3 amide bonds. The summed E-state index contributed by atoms with van der Waals surface area (Å²) in [5, 5.41) is 16.3. The number of aromatic nitrogens is 3. The summed E-state index contributed by atoms with van der Waals surface area (Å²) < 4.78 is 2.11. The number of imide groups is 1. The molecule has 1 aliphatic rings. The Morgan fingerprint density at radius 2 is 2.24 bits per heavy atom. The molecule has 0 spiro atoms. The highest BCUT2D eigenvalue weighted by Gasteiger charge is 2.30. The van der Waals surface area contributed by atoms with Gasteiger partial charge in [0.1, 0.15) is 0 Å². The van der Waals surface area contributed by atoms with Crippen LogP contribution in [0.2, 0.25) is 0 Å². The fourth-order valence-corrected chi connectivity index (χ4v) is 3.78. The molecule has 134 valence electrons. The molecule has 2 aromatic rings. The molecule has 9 heteroatoms. The molecule has 3 rings (SSSR count). The number of thiophene rings is 1. The predicted octanol–water partition coefficient (Wildman–Crippen LogP) is 3.06. The Hall–Kier alpha value is -1.87. The maximum Gasteiger partial charge on any atom is 0.321 e. The SMILES string of the molecule is CC[C@@H](C)NC(=O)NC(=O)CSc1nnc(-c2cccs2)n1C1CC1. The van der Waals surface area contributed by atoms with Crippen molar-refractivity contribution < 1.29 is 9.59 Å². The van der Waals surface area contributed by atoms with Crippen LogP contribution in [0.4, 0.5) is 4.79 Å². The lowest BCUT2D eigenvalue weighted by Crippen LogP contribution is -2.43. The van der Waals surface area contributed by atoms with Crippen molar-refractivity contribution in [2.75, 3.05) is 5.75 Å². The van der Waals surface area contributed by atoms with Gasteiger partial charge >= 0.3 is 6.03 Å². The average molecular weight is 380 g/mol. The number of rotatable bonds is 7. The molecule has 2 N–H and O–H groups in total. The van der Waals surface area contributed by atoms with Gasteiger partial charge < -0.3 is 5.32 Å². The predicted molar refractivity (Wildman–Crippen MR) is 98.8 cm³/mol. The third-order valence-electron chi connectivity index (χ3n) is 3.89. The van der Waals surface area contributed by atoms with E-state index in [0.717, 1.165) is 35.1 Å². The Labute approximate surface area is 154 Å². The minimum absolute atomic E-state index is 0.0340. The first-order valence-corrected chi connectivity index (χ1v) is 10.2. The van der Waals surface area contributed by atoms with Gasteiger partial charge in [-0.1, -0.05) is 24.8 Å². The number of amides is 3. The van der Waals surface area contributed by atoms with Gasteiger partial charge in [-0.2, -0.15) is 0 Å². The Kier molecular flexibility index (Phi) is 5.74. The van der Waals surface area contributed by atoms with E-state index in [4.69, 9.17) is 0 Å². The van der Waals surface area contributed by atoms with Crippen LogP contribution in [0.25, 0.3) is 10.7 Å². The van der Waals surface area contributed by atoms with E-state index in [2.05, 4.69) is 25.4 Å². The van der Waals surface area contributed by atoms with E-state index in [1.807, 2.05) is 31.4 Å². The van der Waals surface area contributed by atoms with Crippen LogP contribution in [-0.4, -0.2) is 38.5 Å². The Morgan fingerprint density at radius 3 is 2.88 bits per heavy atom. The zero-order valence-corrected chi connectivity index (χ0v) is 15.8. The van der Waals surface area contributed by atoms with Crippen molar-refractivity contribution in [2.45, 2.75) is 50.4 Å². The lowest BCUT2D eigenvalue weighted by molar-refractivity contribution is -0.117. The maximum absolute atomic E-state index is 12.0. The topological polar surface area (TPSA) is 88.9 Å². The highest BCUT2D eigenvalue weighted by molar-refractivity contribution is 7.99. The second kappa shape index (κ2) is 8.01. The van der Waals surface area contributed by atoms with Crippen LogP contribution in [0.3, 0.4) is 0 Å². The minimum Gasteiger partial charge on any atom is -0.335 e. The van der Waals surface area contributed by atoms with Crippen molar-refractivity contribution in [3.63, 3.8) is 0 Å². The Balaban J connectivity index is 1.60. The van der Waals surface area contributed by atoms with Gasteiger partial charge in [-0.05, 0) is 37.6 Å². The van der Waals surface area contributed by atoms with Crippen LogP contribution in [0.15, 0.2) is 22.7 Å². The molecule has 2 heterocycles. The van der Waals surface area contributed by atoms with E-state index < -0.39 is 6.03 Å². The van der Waals surface area contributed by atoms with E-state index >= 15 is 0 Å². The third-order valence-corrected chi connectivity index (χ3v) is 5.70. The van der Waals surface area contributed by atoms with Gasteiger partial charge in [0.05, 0.1) is 10.6 Å². The Morgan fingerprint density at radius 1 is 1.44 bits per heavy atom.